The number of amides is 1. The second kappa shape index (κ2) is 7.27. The molecule has 6 heteroatoms. The van der Waals surface area contributed by atoms with Crippen LogP contribution in [0, 0.1) is 5.41 Å². The monoisotopic (exact) mass is 320 g/mol. The fraction of sp³-hybridized carbons (Fsp3) is 0.647. The summed E-state index contributed by atoms with van der Waals surface area (Å²) in [4.78, 5) is 18.3. The molecule has 0 saturated carbocycles. The zero-order valence-electron chi connectivity index (χ0n) is 13.6. The Labute approximate surface area is 136 Å². The third-order valence-corrected chi connectivity index (χ3v) is 4.75. The van der Waals surface area contributed by atoms with E-state index in [0.717, 1.165) is 32.4 Å². The van der Waals surface area contributed by atoms with Gasteiger partial charge in [0.15, 0.2) is 0 Å². The zero-order chi connectivity index (χ0) is 16.1. The summed E-state index contributed by atoms with van der Waals surface area (Å²) in [7, 11) is 1.55. The first-order chi connectivity index (χ1) is 11.2. The number of piperidine rings is 1. The number of methoxy groups -OCH3 is 1. The maximum atomic E-state index is 12.2. The molecule has 0 aromatic carbocycles. The van der Waals surface area contributed by atoms with Gasteiger partial charge >= 0.3 is 0 Å². The largest absolute Gasteiger partial charge is 0.477 e. The molecule has 2 atom stereocenters. The molecule has 2 saturated heterocycles. The number of hydrogen-bond donors (Lipinski definition) is 0. The van der Waals surface area contributed by atoms with Crippen LogP contribution in [0.25, 0.3) is 0 Å². The molecule has 2 aliphatic rings. The lowest BCUT2D eigenvalue weighted by molar-refractivity contribution is -0.160. The molecule has 1 aromatic heterocycles. The number of pyridine rings is 1. The Hall–Kier alpha value is -1.66. The number of rotatable bonds is 5. The number of carbonyl (C=O) groups excluding carboxylic acids is 1. The summed E-state index contributed by atoms with van der Waals surface area (Å²) in [6, 6.07) is 5.62. The molecule has 0 spiro atoms. The average molecular weight is 320 g/mol. The molecule has 6 nitrogen and oxygen atoms in total. The molecule has 1 aromatic rings. The molecule has 0 aliphatic carbocycles. The fourth-order valence-corrected chi connectivity index (χ4v) is 3.58. The van der Waals surface area contributed by atoms with Crippen LogP contribution in [0.2, 0.25) is 0 Å². The van der Waals surface area contributed by atoms with Gasteiger partial charge in [-0.25, -0.2) is 4.98 Å². The second-order valence-corrected chi connectivity index (χ2v) is 6.32. The summed E-state index contributed by atoms with van der Waals surface area (Å²) in [6.45, 7) is 2.82. The van der Waals surface area contributed by atoms with Crippen molar-refractivity contribution in [2.24, 2.45) is 5.41 Å². The van der Waals surface area contributed by atoms with Gasteiger partial charge in [0.25, 0.3) is 0 Å². The molecule has 23 heavy (non-hydrogen) atoms. The van der Waals surface area contributed by atoms with Crippen molar-refractivity contribution in [1.29, 1.82) is 0 Å². The number of fused-ring (bicyclic) bond motifs is 1. The number of nitrogens with zero attached hydrogens (tertiary/aromatic N) is 2. The van der Waals surface area contributed by atoms with Crippen molar-refractivity contribution < 1.29 is 19.0 Å². The number of aromatic nitrogens is 1. The summed E-state index contributed by atoms with van der Waals surface area (Å²) in [5.41, 5.74) is -0.155. The van der Waals surface area contributed by atoms with Crippen LogP contribution in [0.15, 0.2) is 24.4 Å². The minimum atomic E-state index is -0.155. The third-order valence-electron chi connectivity index (χ3n) is 4.75. The van der Waals surface area contributed by atoms with Crippen LogP contribution in [-0.4, -0.2) is 61.9 Å². The van der Waals surface area contributed by atoms with Gasteiger partial charge in [-0.05, 0) is 25.3 Å². The maximum absolute atomic E-state index is 12.2. The van der Waals surface area contributed by atoms with Crippen LogP contribution in [0.5, 0.6) is 5.88 Å². The first kappa shape index (κ1) is 16.2. The van der Waals surface area contributed by atoms with Crippen LogP contribution in [0.4, 0.5) is 0 Å². The van der Waals surface area contributed by atoms with Crippen LogP contribution < -0.4 is 4.74 Å². The van der Waals surface area contributed by atoms with Crippen LogP contribution in [-0.2, 0) is 14.3 Å². The lowest BCUT2D eigenvalue weighted by Crippen LogP contribution is -2.59. The third kappa shape index (κ3) is 3.64. The lowest BCUT2D eigenvalue weighted by Gasteiger charge is -2.50. The minimum Gasteiger partial charge on any atom is -0.477 e. The van der Waals surface area contributed by atoms with Crippen LogP contribution >= 0.6 is 0 Å². The average Bonchev–Trinajstić information content (AvgIpc) is 2.60. The van der Waals surface area contributed by atoms with Crippen molar-refractivity contribution >= 4 is 5.91 Å². The molecule has 2 aliphatic heterocycles. The van der Waals surface area contributed by atoms with E-state index in [4.69, 9.17) is 14.2 Å². The van der Waals surface area contributed by atoms with E-state index in [1.54, 1.807) is 13.3 Å². The predicted octanol–water partition coefficient (Wildman–Crippen LogP) is 1.50. The topological polar surface area (TPSA) is 60.9 Å². The molecule has 1 amide bonds. The van der Waals surface area contributed by atoms with E-state index in [2.05, 4.69) is 4.98 Å². The minimum absolute atomic E-state index is 0.0359. The van der Waals surface area contributed by atoms with Gasteiger partial charge in [0.2, 0.25) is 11.8 Å². The molecule has 3 heterocycles. The van der Waals surface area contributed by atoms with Crippen LogP contribution in [0.3, 0.4) is 0 Å². The van der Waals surface area contributed by atoms with E-state index in [9.17, 15) is 4.79 Å². The Bertz CT molecular complexity index is 525. The Balaban J connectivity index is 1.71. The number of likely N-dealkylation sites (tertiary alicyclic amines) is 1. The molecule has 2 fully saturated rings. The van der Waals surface area contributed by atoms with Gasteiger partial charge in [-0.1, -0.05) is 6.07 Å². The molecule has 3 rings (SSSR count). The standard InChI is InChI=1S/C17H24N2O4/c1-21-11-16(20)19-9-6-14-17(12-19,7-4-10-22-14)13-23-15-5-2-3-8-18-15/h2-3,5,8,14H,4,6-7,9-13H2,1H3/t14-,17-/m1/s1. The molecular weight excluding hydrogens is 296 g/mol. The van der Waals surface area contributed by atoms with Gasteiger partial charge in [0.1, 0.15) is 6.61 Å². The van der Waals surface area contributed by atoms with Gasteiger partial charge < -0.3 is 19.1 Å². The van der Waals surface area contributed by atoms with E-state index < -0.39 is 0 Å². The van der Waals surface area contributed by atoms with Crippen molar-refractivity contribution in [2.45, 2.75) is 25.4 Å². The fourth-order valence-electron chi connectivity index (χ4n) is 3.58. The van der Waals surface area contributed by atoms with Gasteiger partial charge in [-0.2, -0.15) is 0 Å². The number of hydrogen-bond acceptors (Lipinski definition) is 5. The molecule has 0 N–H and O–H groups in total. The molecule has 0 radical (unpaired) electrons. The molecule has 126 valence electrons. The van der Waals surface area contributed by atoms with E-state index >= 15 is 0 Å². The van der Waals surface area contributed by atoms with Gasteiger partial charge in [0.05, 0.1) is 12.7 Å². The Morgan fingerprint density at radius 1 is 1.52 bits per heavy atom. The van der Waals surface area contributed by atoms with Gasteiger partial charge in [-0.15, -0.1) is 0 Å². The highest BCUT2D eigenvalue weighted by atomic mass is 16.5. The van der Waals surface area contributed by atoms with Crippen molar-refractivity contribution in [1.82, 2.24) is 9.88 Å². The van der Waals surface area contributed by atoms with E-state index in [1.165, 1.54) is 0 Å². The highest BCUT2D eigenvalue weighted by molar-refractivity contribution is 5.77. The molecule has 0 unspecified atom stereocenters. The normalized spacial score (nSPS) is 27.3. The molecule has 0 bridgehead atoms. The van der Waals surface area contributed by atoms with Crippen molar-refractivity contribution in [2.75, 3.05) is 40.0 Å². The summed E-state index contributed by atoms with van der Waals surface area (Å²) in [5.74, 6) is 0.653. The van der Waals surface area contributed by atoms with Crippen LogP contribution in [0.1, 0.15) is 19.3 Å². The summed E-state index contributed by atoms with van der Waals surface area (Å²) >= 11 is 0. The maximum Gasteiger partial charge on any atom is 0.248 e. The Kier molecular flexibility index (Phi) is 5.13. The van der Waals surface area contributed by atoms with E-state index in [-0.39, 0.29) is 24.0 Å². The number of ether oxygens (including phenoxy) is 3. The summed E-state index contributed by atoms with van der Waals surface area (Å²) in [6.07, 6.45) is 4.71. The summed E-state index contributed by atoms with van der Waals surface area (Å²) in [5, 5.41) is 0. The lowest BCUT2D eigenvalue weighted by atomic mass is 9.73. The van der Waals surface area contributed by atoms with Crippen molar-refractivity contribution in [3.05, 3.63) is 24.4 Å². The smallest absolute Gasteiger partial charge is 0.248 e. The molecular formula is C17H24N2O4. The number of carbonyl (C=O) groups is 1. The highest BCUT2D eigenvalue weighted by Gasteiger charge is 2.47. The quantitative estimate of drug-likeness (QED) is 0.823. The second-order valence-electron chi connectivity index (χ2n) is 6.32. The first-order valence-corrected chi connectivity index (χ1v) is 8.16. The van der Waals surface area contributed by atoms with E-state index in [0.29, 0.717) is 19.0 Å². The van der Waals surface area contributed by atoms with Gasteiger partial charge in [-0.3, -0.25) is 4.79 Å². The Morgan fingerprint density at radius 2 is 2.43 bits per heavy atom. The van der Waals surface area contributed by atoms with Gasteiger partial charge in [0, 0.05) is 44.5 Å². The SMILES string of the molecule is COCC(=O)N1CC[C@H]2OCCC[C@]2(COc2ccccn2)C1. The van der Waals surface area contributed by atoms with Crippen molar-refractivity contribution in [3.63, 3.8) is 0 Å². The summed E-state index contributed by atoms with van der Waals surface area (Å²) < 4.78 is 16.9. The first-order valence-electron chi connectivity index (χ1n) is 8.16. The Morgan fingerprint density at radius 3 is 3.22 bits per heavy atom. The van der Waals surface area contributed by atoms with Crippen molar-refractivity contribution in [3.8, 4) is 5.88 Å². The highest BCUT2D eigenvalue weighted by Crippen LogP contribution is 2.40. The zero-order valence-corrected chi connectivity index (χ0v) is 13.6. The predicted molar refractivity (Wildman–Crippen MR) is 84.2 cm³/mol. The van der Waals surface area contributed by atoms with E-state index in [1.807, 2.05) is 23.1 Å².